The number of hydrazone groups is 1. The van der Waals surface area contributed by atoms with E-state index < -0.39 is 0 Å². The molecule has 0 atom stereocenters. The van der Waals surface area contributed by atoms with Crippen molar-refractivity contribution >= 4 is 12.1 Å². The summed E-state index contributed by atoms with van der Waals surface area (Å²) in [6, 6.07) is 10.8. The van der Waals surface area contributed by atoms with Gasteiger partial charge in [0.15, 0.2) is 6.61 Å². The molecule has 0 spiro atoms. The van der Waals surface area contributed by atoms with Crippen molar-refractivity contribution < 1.29 is 14.6 Å². The molecule has 0 aliphatic heterocycles. The Bertz CT molecular complexity index is 739. The van der Waals surface area contributed by atoms with Crippen LogP contribution in [0.2, 0.25) is 0 Å². The van der Waals surface area contributed by atoms with Gasteiger partial charge in [0, 0.05) is 5.56 Å². The second kappa shape index (κ2) is 7.45. The lowest BCUT2D eigenvalue weighted by Gasteiger charge is -2.09. The van der Waals surface area contributed by atoms with Crippen molar-refractivity contribution in [3.05, 3.63) is 58.7 Å². The van der Waals surface area contributed by atoms with Crippen LogP contribution >= 0.6 is 0 Å². The summed E-state index contributed by atoms with van der Waals surface area (Å²) in [7, 11) is 0. The van der Waals surface area contributed by atoms with Crippen molar-refractivity contribution in [2.75, 3.05) is 6.61 Å². The van der Waals surface area contributed by atoms with Gasteiger partial charge in [0.25, 0.3) is 5.91 Å². The number of carbonyl (C=O) groups is 1. The highest BCUT2D eigenvalue weighted by atomic mass is 16.5. The van der Waals surface area contributed by atoms with Gasteiger partial charge in [0.1, 0.15) is 11.5 Å². The standard InChI is InChI=1S/C18H20N2O3/c1-12-7-8-16(21)15(9-12)10-19-20-18(22)11-23-17-6-4-5-13(2)14(17)3/h4-10,21H,11H2,1-3H3,(H,20,22)/b19-10-. The van der Waals surface area contributed by atoms with E-state index in [1.807, 2.05) is 39.0 Å². The maximum atomic E-state index is 11.7. The van der Waals surface area contributed by atoms with Crippen molar-refractivity contribution in [2.45, 2.75) is 20.8 Å². The van der Waals surface area contributed by atoms with E-state index in [1.165, 1.54) is 6.21 Å². The van der Waals surface area contributed by atoms with Crippen molar-refractivity contribution in [2.24, 2.45) is 5.10 Å². The molecule has 5 nitrogen and oxygen atoms in total. The van der Waals surface area contributed by atoms with E-state index in [0.29, 0.717) is 11.3 Å². The molecule has 1 amide bonds. The maximum absolute atomic E-state index is 11.7. The van der Waals surface area contributed by atoms with Crippen LogP contribution in [0.1, 0.15) is 22.3 Å². The minimum atomic E-state index is -0.366. The molecule has 2 aromatic carbocycles. The first-order chi connectivity index (χ1) is 11.0. The highest BCUT2D eigenvalue weighted by Crippen LogP contribution is 2.20. The molecule has 0 bridgehead atoms. The fraction of sp³-hybridized carbons (Fsp3) is 0.222. The Morgan fingerprint density at radius 2 is 2.04 bits per heavy atom. The Labute approximate surface area is 135 Å². The quantitative estimate of drug-likeness (QED) is 0.659. The monoisotopic (exact) mass is 312 g/mol. The van der Waals surface area contributed by atoms with Crippen LogP contribution in [0, 0.1) is 20.8 Å². The molecule has 0 aliphatic rings. The van der Waals surface area contributed by atoms with Crippen LogP contribution < -0.4 is 10.2 Å². The molecule has 0 unspecified atom stereocenters. The number of ether oxygens (including phenoxy) is 1. The van der Waals surface area contributed by atoms with Crippen LogP contribution in [0.3, 0.4) is 0 Å². The van der Waals surface area contributed by atoms with Crippen LogP contribution in [0.15, 0.2) is 41.5 Å². The lowest BCUT2D eigenvalue weighted by atomic mass is 10.1. The number of hydrogen-bond acceptors (Lipinski definition) is 4. The van der Waals surface area contributed by atoms with Gasteiger partial charge in [-0.05, 0) is 50.1 Å². The highest BCUT2D eigenvalue weighted by Gasteiger charge is 2.05. The molecule has 0 heterocycles. The van der Waals surface area contributed by atoms with E-state index in [0.717, 1.165) is 16.7 Å². The maximum Gasteiger partial charge on any atom is 0.277 e. The average molecular weight is 312 g/mol. The van der Waals surface area contributed by atoms with Crippen LogP contribution in [0.5, 0.6) is 11.5 Å². The molecule has 2 rings (SSSR count). The molecular formula is C18H20N2O3. The number of carbonyl (C=O) groups excluding carboxylic acids is 1. The first-order valence-electron chi connectivity index (χ1n) is 7.28. The van der Waals surface area contributed by atoms with Gasteiger partial charge in [0.2, 0.25) is 0 Å². The van der Waals surface area contributed by atoms with Gasteiger partial charge >= 0.3 is 0 Å². The summed E-state index contributed by atoms with van der Waals surface area (Å²) >= 11 is 0. The smallest absolute Gasteiger partial charge is 0.277 e. The minimum absolute atomic E-state index is 0.111. The van der Waals surface area contributed by atoms with E-state index >= 15 is 0 Å². The molecule has 120 valence electrons. The number of benzene rings is 2. The predicted octanol–water partition coefficient (Wildman–Crippen LogP) is 2.85. The largest absolute Gasteiger partial charge is 0.507 e. The number of hydrogen-bond donors (Lipinski definition) is 2. The van der Waals surface area contributed by atoms with Crippen molar-refractivity contribution in [3.8, 4) is 11.5 Å². The Hall–Kier alpha value is -2.82. The number of aryl methyl sites for hydroxylation is 2. The molecule has 5 heteroatoms. The zero-order valence-electron chi connectivity index (χ0n) is 13.5. The summed E-state index contributed by atoms with van der Waals surface area (Å²) in [6.45, 7) is 5.72. The third-order valence-corrected chi connectivity index (χ3v) is 3.49. The van der Waals surface area contributed by atoms with Gasteiger partial charge in [-0.1, -0.05) is 23.8 Å². The summed E-state index contributed by atoms with van der Waals surface area (Å²) in [5.41, 5.74) is 6.03. The molecule has 0 aromatic heterocycles. The Kier molecular flexibility index (Phi) is 5.36. The number of aromatic hydroxyl groups is 1. The Balaban J connectivity index is 1.89. The second-order valence-corrected chi connectivity index (χ2v) is 5.34. The Morgan fingerprint density at radius 3 is 2.83 bits per heavy atom. The number of nitrogens with one attached hydrogen (secondary N) is 1. The molecule has 0 fully saturated rings. The number of phenolic OH excluding ortho intramolecular Hbond substituents is 1. The van der Waals surface area contributed by atoms with Crippen molar-refractivity contribution in [3.63, 3.8) is 0 Å². The van der Waals surface area contributed by atoms with Gasteiger partial charge in [-0.2, -0.15) is 5.10 Å². The van der Waals surface area contributed by atoms with E-state index in [1.54, 1.807) is 18.2 Å². The summed E-state index contributed by atoms with van der Waals surface area (Å²) in [4.78, 5) is 11.7. The Morgan fingerprint density at radius 1 is 1.26 bits per heavy atom. The van der Waals surface area contributed by atoms with E-state index in [9.17, 15) is 9.90 Å². The molecule has 0 saturated heterocycles. The van der Waals surface area contributed by atoms with Crippen LogP contribution in [-0.4, -0.2) is 23.8 Å². The van der Waals surface area contributed by atoms with Gasteiger partial charge < -0.3 is 9.84 Å². The summed E-state index contributed by atoms with van der Waals surface area (Å²) in [5.74, 6) is 0.426. The van der Waals surface area contributed by atoms with Crippen LogP contribution in [0.25, 0.3) is 0 Å². The molecule has 0 saturated carbocycles. The minimum Gasteiger partial charge on any atom is -0.507 e. The summed E-state index contributed by atoms with van der Waals surface area (Å²) in [6.07, 6.45) is 1.40. The SMILES string of the molecule is Cc1ccc(O)c(/C=N\NC(=O)COc2cccc(C)c2C)c1. The average Bonchev–Trinajstić information content (AvgIpc) is 2.52. The number of rotatable bonds is 5. The predicted molar refractivity (Wildman–Crippen MR) is 90.0 cm³/mol. The van der Waals surface area contributed by atoms with Gasteiger partial charge in [-0.3, -0.25) is 4.79 Å². The van der Waals surface area contributed by atoms with Crippen LogP contribution in [0.4, 0.5) is 0 Å². The molecule has 0 aliphatic carbocycles. The zero-order chi connectivity index (χ0) is 16.8. The lowest BCUT2D eigenvalue weighted by Crippen LogP contribution is -2.24. The van der Waals surface area contributed by atoms with Crippen molar-refractivity contribution in [1.29, 1.82) is 0 Å². The molecular weight excluding hydrogens is 292 g/mol. The van der Waals surface area contributed by atoms with E-state index in [-0.39, 0.29) is 18.3 Å². The first kappa shape index (κ1) is 16.5. The normalized spacial score (nSPS) is 10.7. The molecule has 2 aromatic rings. The van der Waals surface area contributed by atoms with Crippen molar-refractivity contribution in [1.82, 2.24) is 5.43 Å². The van der Waals surface area contributed by atoms with Crippen LogP contribution in [-0.2, 0) is 4.79 Å². The van der Waals surface area contributed by atoms with Gasteiger partial charge in [-0.25, -0.2) is 5.43 Å². The fourth-order valence-electron chi connectivity index (χ4n) is 2.01. The first-order valence-corrected chi connectivity index (χ1v) is 7.28. The molecule has 23 heavy (non-hydrogen) atoms. The third-order valence-electron chi connectivity index (χ3n) is 3.49. The summed E-state index contributed by atoms with van der Waals surface area (Å²) < 4.78 is 5.49. The molecule has 2 N–H and O–H groups in total. The number of phenols is 1. The van der Waals surface area contributed by atoms with Gasteiger partial charge in [0.05, 0.1) is 6.21 Å². The van der Waals surface area contributed by atoms with E-state index in [2.05, 4.69) is 10.5 Å². The third kappa shape index (κ3) is 4.57. The summed E-state index contributed by atoms with van der Waals surface area (Å²) in [5, 5.41) is 13.5. The zero-order valence-corrected chi connectivity index (χ0v) is 13.5. The number of nitrogens with zero attached hydrogens (tertiary/aromatic N) is 1. The fourth-order valence-corrected chi connectivity index (χ4v) is 2.01. The topological polar surface area (TPSA) is 70.9 Å². The van der Waals surface area contributed by atoms with E-state index in [4.69, 9.17) is 4.74 Å². The van der Waals surface area contributed by atoms with Gasteiger partial charge in [-0.15, -0.1) is 0 Å². The second-order valence-electron chi connectivity index (χ2n) is 5.34. The highest BCUT2D eigenvalue weighted by molar-refractivity contribution is 5.85. The number of amides is 1. The lowest BCUT2D eigenvalue weighted by molar-refractivity contribution is -0.123. The molecule has 0 radical (unpaired) electrons.